The van der Waals surface area contributed by atoms with Crippen molar-refractivity contribution in [3.63, 3.8) is 0 Å². The first-order valence-corrected chi connectivity index (χ1v) is 10.8. The maximum Gasteiger partial charge on any atom is 0.310 e. The third-order valence-corrected chi connectivity index (χ3v) is 6.12. The van der Waals surface area contributed by atoms with Gasteiger partial charge >= 0.3 is 5.97 Å². The number of aliphatic carboxylic acids is 1. The molecule has 0 fully saturated rings. The normalized spacial score (nSPS) is 12.7. The molecule has 0 spiro atoms. The molecule has 1 aliphatic carbocycles. The lowest BCUT2D eigenvalue weighted by molar-refractivity contribution is -0.138. The molecule has 2 N–H and O–H groups in total. The van der Waals surface area contributed by atoms with Gasteiger partial charge in [0.25, 0.3) is 0 Å². The van der Waals surface area contributed by atoms with Crippen LogP contribution in [0.15, 0.2) is 66.7 Å². The molecule has 31 heavy (non-hydrogen) atoms. The lowest BCUT2D eigenvalue weighted by atomic mass is 9.95. The molecular formula is C27H27NO3. The Morgan fingerprint density at radius 1 is 0.968 bits per heavy atom. The second-order valence-electron chi connectivity index (χ2n) is 8.09. The van der Waals surface area contributed by atoms with Crippen molar-refractivity contribution in [2.24, 2.45) is 0 Å². The maximum absolute atomic E-state index is 12.6. The Hall–Kier alpha value is -3.40. The van der Waals surface area contributed by atoms with E-state index in [2.05, 4.69) is 41.7 Å². The molecule has 0 bridgehead atoms. The minimum absolute atomic E-state index is 0.0258. The van der Waals surface area contributed by atoms with Gasteiger partial charge in [-0.05, 0) is 58.2 Å². The van der Waals surface area contributed by atoms with Crippen molar-refractivity contribution in [3.05, 3.63) is 94.5 Å². The summed E-state index contributed by atoms with van der Waals surface area (Å²) in [6.07, 6.45) is 2.55. The van der Waals surface area contributed by atoms with Gasteiger partial charge in [-0.15, -0.1) is 0 Å². The second kappa shape index (κ2) is 9.17. The first-order chi connectivity index (χ1) is 15.1. The minimum atomic E-state index is -0.794. The summed E-state index contributed by atoms with van der Waals surface area (Å²) >= 11 is 0. The van der Waals surface area contributed by atoms with E-state index in [1.807, 2.05) is 37.3 Å². The summed E-state index contributed by atoms with van der Waals surface area (Å²) in [6.45, 7) is 2.44. The smallest absolute Gasteiger partial charge is 0.310 e. The SMILES string of the molecule is CCC(C(=O)O)c1ccc(CCNC(=O)Cc2cccc3c2Cc2ccccc2-3)cc1. The van der Waals surface area contributed by atoms with E-state index >= 15 is 0 Å². The van der Waals surface area contributed by atoms with E-state index in [0.717, 1.165) is 23.1 Å². The number of hydrogen-bond donors (Lipinski definition) is 2. The van der Waals surface area contributed by atoms with Gasteiger partial charge in [0.1, 0.15) is 0 Å². The van der Waals surface area contributed by atoms with Crippen LogP contribution in [0.3, 0.4) is 0 Å². The Balaban J connectivity index is 1.32. The fraction of sp³-hybridized carbons (Fsp3) is 0.259. The van der Waals surface area contributed by atoms with Crippen LogP contribution in [0.5, 0.6) is 0 Å². The number of carboxylic acid groups (broad SMARTS) is 1. The van der Waals surface area contributed by atoms with E-state index in [9.17, 15) is 14.7 Å². The molecular weight excluding hydrogens is 386 g/mol. The predicted molar refractivity (Wildman–Crippen MR) is 122 cm³/mol. The summed E-state index contributed by atoms with van der Waals surface area (Å²) in [7, 11) is 0. The summed E-state index contributed by atoms with van der Waals surface area (Å²) in [5.74, 6) is -1.23. The van der Waals surface area contributed by atoms with Gasteiger partial charge in [0, 0.05) is 6.54 Å². The molecule has 0 aliphatic heterocycles. The summed E-state index contributed by atoms with van der Waals surface area (Å²) in [6, 6.07) is 22.3. The van der Waals surface area contributed by atoms with Crippen molar-refractivity contribution < 1.29 is 14.7 Å². The average Bonchev–Trinajstić information content (AvgIpc) is 3.15. The molecule has 0 radical (unpaired) electrons. The number of hydrogen-bond acceptors (Lipinski definition) is 2. The van der Waals surface area contributed by atoms with Crippen LogP contribution in [-0.2, 0) is 28.9 Å². The number of fused-ring (bicyclic) bond motifs is 3. The first kappa shape index (κ1) is 20.9. The number of rotatable bonds is 8. The van der Waals surface area contributed by atoms with Crippen LogP contribution in [0.2, 0.25) is 0 Å². The standard InChI is InChI=1S/C27H27NO3/c1-2-22(27(30)31)19-12-10-18(11-13-19)14-15-28-26(29)17-21-7-5-9-24-23-8-4-3-6-20(23)16-25(21)24/h3-13,22H,2,14-17H2,1H3,(H,28,29)(H,30,31). The van der Waals surface area contributed by atoms with Crippen LogP contribution in [0, 0.1) is 0 Å². The molecule has 4 heteroatoms. The number of carbonyl (C=O) groups is 2. The highest BCUT2D eigenvalue weighted by Crippen LogP contribution is 2.38. The van der Waals surface area contributed by atoms with Gasteiger partial charge in [-0.3, -0.25) is 9.59 Å². The minimum Gasteiger partial charge on any atom is -0.481 e. The number of nitrogens with one attached hydrogen (secondary N) is 1. The Labute approximate surface area is 182 Å². The summed E-state index contributed by atoms with van der Waals surface area (Å²) in [4.78, 5) is 23.9. The Kier molecular flexibility index (Phi) is 6.17. The van der Waals surface area contributed by atoms with E-state index in [4.69, 9.17) is 0 Å². The van der Waals surface area contributed by atoms with E-state index in [1.54, 1.807) is 0 Å². The molecule has 0 heterocycles. The van der Waals surface area contributed by atoms with Crippen molar-refractivity contribution in [1.29, 1.82) is 0 Å². The largest absolute Gasteiger partial charge is 0.481 e. The molecule has 1 aliphatic rings. The molecule has 0 saturated carbocycles. The fourth-order valence-electron chi connectivity index (χ4n) is 4.44. The van der Waals surface area contributed by atoms with Crippen molar-refractivity contribution in [1.82, 2.24) is 5.32 Å². The van der Waals surface area contributed by atoms with E-state index < -0.39 is 11.9 Å². The molecule has 1 unspecified atom stereocenters. The van der Waals surface area contributed by atoms with Gasteiger partial charge in [-0.1, -0.05) is 73.7 Å². The van der Waals surface area contributed by atoms with Gasteiger partial charge < -0.3 is 10.4 Å². The highest BCUT2D eigenvalue weighted by molar-refractivity contribution is 5.83. The fourth-order valence-corrected chi connectivity index (χ4v) is 4.44. The quantitative estimate of drug-likeness (QED) is 0.439. The molecule has 3 aromatic rings. The summed E-state index contributed by atoms with van der Waals surface area (Å²) in [5, 5.41) is 12.3. The van der Waals surface area contributed by atoms with Crippen LogP contribution in [0.25, 0.3) is 11.1 Å². The second-order valence-corrected chi connectivity index (χ2v) is 8.09. The van der Waals surface area contributed by atoms with E-state index in [0.29, 0.717) is 25.8 Å². The molecule has 0 saturated heterocycles. The molecule has 158 valence electrons. The van der Waals surface area contributed by atoms with Gasteiger partial charge in [-0.25, -0.2) is 0 Å². The Morgan fingerprint density at radius 3 is 2.45 bits per heavy atom. The monoisotopic (exact) mass is 413 g/mol. The number of carbonyl (C=O) groups excluding carboxylic acids is 1. The maximum atomic E-state index is 12.6. The number of carboxylic acids is 1. The van der Waals surface area contributed by atoms with Crippen LogP contribution in [0.4, 0.5) is 0 Å². The zero-order chi connectivity index (χ0) is 21.8. The highest BCUT2D eigenvalue weighted by atomic mass is 16.4. The van der Waals surface area contributed by atoms with Gasteiger partial charge in [0.2, 0.25) is 5.91 Å². The van der Waals surface area contributed by atoms with Gasteiger partial charge in [0.05, 0.1) is 12.3 Å². The lowest BCUT2D eigenvalue weighted by Crippen LogP contribution is -2.27. The first-order valence-electron chi connectivity index (χ1n) is 10.8. The third-order valence-electron chi connectivity index (χ3n) is 6.12. The van der Waals surface area contributed by atoms with Crippen molar-refractivity contribution in [3.8, 4) is 11.1 Å². The molecule has 4 rings (SSSR count). The lowest BCUT2D eigenvalue weighted by Gasteiger charge is -2.11. The van der Waals surface area contributed by atoms with Gasteiger partial charge in [0.15, 0.2) is 0 Å². The molecule has 3 aromatic carbocycles. The van der Waals surface area contributed by atoms with E-state index in [1.165, 1.54) is 22.3 Å². The zero-order valence-electron chi connectivity index (χ0n) is 17.7. The Morgan fingerprint density at radius 2 is 1.71 bits per heavy atom. The molecule has 1 atom stereocenters. The predicted octanol–water partition coefficient (Wildman–Crippen LogP) is 4.74. The van der Waals surface area contributed by atoms with Crippen molar-refractivity contribution in [2.75, 3.05) is 6.54 Å². The van der Waals surface area contributed by atoms with Crippen molar-refractivity contribution >= 4 is 11.9 Å². The van der Waals surface area contributed by atoms with Crippen LogP contribution >= 0.6 is 0 Å². The zero-order valence-corrected chi connectivity index (χ0v) is 17.7. The topological polar surface area (TPSA) is 66.4 Å². The molecule has 1 amide bonds. The van der Waals surface area contributed by atoms with Gasteiger partial charge in [-0.2, -0.15) is 0 Å². The highest BCUT2D eigenvalue weighted by Gasteiger charge is 2.21. The Bertz CT molecular complexity index is 1100. The number of benzene rings is 3. The van der Waals surface area contributed by atoms with Crippen LogP contribution in [-0.4, -0.2) is 23.5 Å². The van der Waals surface area contributed by atoms with E-state index in [-0.39, 0.29) is 5.91 Å². The van der Waals surface area contributed by atoms with Crippen LogP contribution < -0.4 is 5.32 Å². The average molecular weight is 414 g/mol. The molecule has 4 nitrogen and oxygen atoms in total. The third kappa shape index (κ3) is 4.53. The van der Waals surface area contributed by atoms with Crippen molar-refractivity contribution in [2.45, 2.75) is 38.5 Å². The summed E-state index contributed by atoms with van der Waals surface area (Å²) in [5.41, 5.74) is 8.10. The van der Waals surface area contributed by atoms with Crippen LogP contribution in [0.1, 0.15) is 47.1 Å². The summed E-state index contributed by atoms with van der Waals surface area (Å²) < 4.78 is 0. The molecule has 0 aromatic heterocycles. The number of amides is 1.